The largest absolute Gasteiger partial charge is 0.494 e. The third-order valence-electron chi connectivity index (χ3n) is 5.09. The van der Waals surface area contributed by atoms with E-state index in [9.17, 15) is 9.90 Å². The Bertz CT molecular complexity index is 652. The molecule has 122 valence electrons. The molecule has 1 aromatic rings. The van der Waals surface area contributed by atoms with Crippen LogP contribution in [0.1, 0.15) is 58.4 Å². The van der Waals surface area contributed by atoms with Crippen LogP contribution in [0, 0.1) is 16.1 Å². The van der Waals surface area contributed by atoms with Gasteiger partial charge in [-0.1, -0.05) is 27.2 Å². The summed E-state index contributed by atoms with van der Waals surface area (Å²) < 4.78 is 0.113. The van der Waals surface area contributed by atoms with Gasteiger partial charge in [0.1, 0.15) is 5.56 Å². The van der Waals surface area contributed by atoms with Gasteiger partial charge in [-0.15, -0.1) is 0 Å². The van der Waals surface area contributed by atoms with Gasteiger partial charge in [-0.25, -0.2) is 0 Å². The summed E-state index contributed by atoms with van der Waals surface area (Å²) in [6.07, 6.45) is 7.07. The number of aromatic nitrogens is 2. The molecule has 1 aromatic heterocycles. The number of hydrogen-bond donors (Lipinski definition) is 3. The maximum Gasteiger partial charge on any atom is 0.264 e. The Morgan fingerprint density at radius 1 is 1.32 bits per heavy atom. The Labute approximate surface area is 135 Å². The topological polar surface area (TPSA) is 81.2 Å². The van der Waals surface area contributed by atoms with E-state index in [1.807, 2.05) is 0 Å². The van der Waals surface area contributed by atoms with Crippen LogP contribution in [0.4, 0.5) is 0 Å². The van der Waals surface area contributed by atoms with Crippen LogP contribution in [-0.4, -0.2) is 27.3 Å². The molecule has 3 N–H and O–H groups in total. The molecule has 0 bridgehead atoms. The summed E-state index contributed by atoms with van der Waals surface area (Å²) in [6.45, 7) is 6.93. The lowest BCUT2D eigenvalue weighted by Crippen LogP contribution is -2.29. The molecular formula is C16H25N3O2S. The van der Waals surface area contributed by atoms with E-state index in [4.69, 9.17) is 12.2 Å². The lowest BCUT2D eigenvalue weighted by Gasteiger charge is -2.38. The Morgan fingerprint density at radius 3 is 2.50 bits per heavy atom. The fourth-order valence-corrected chi connectivity index (χ4v) is 3.27. The molecular weight excluding hydrogens is 298 g/mol. The Hall–Kier alpha value is -1.43. The van der Waals surface area contributed by atoms with Crippen LogP contribution in [0.2, 0.25) is 0 Å². The first-order valence-corrected chi connectivity index (χ1v) is 8.33. The number of nitrogens with one attached hydrogen (secondary N) is 2. The molecule has 0 aromatic carbocycles. The highest BCUT2D eigenvalue weighted by Gasteiger charge is 2.31. The highest BCUT2D eigenvalue weighted by Crippen LogP contribution is 2.40. The minimum absolute atomic E-state index is 0.113. The third-order valence-corrected chi connectivity index (χ3v) is 5.29. The number of nitrogens with zero attached hydrogens (tertiary/aromatic N) is 1. The van der Waals surface area contributed by atoms with Crippen molar-refractivity contribution in [1.29, 1.82) is 0 Å². The highest BCUT2D eigenvalue weighted by molar-refractivity contribution is 7.71. The van der Waals surface area contributed by atoms with Crippen LogP contribution in [0.5, 0.6) is 5.88 Å². The molecule has 1 aliphatic rings. The molecule has 0 saturated heterocycles. The van der Waals surface area contributed by atoms with Gasteiger partial charge in [0.25, 0.3) is 5.56 Å². The molecule has 1 aliphatic carbocycles. The highest BCUT2D eigenvalue weighted by atomic mass is 32.1. The van der Waals surface area contributed by atoms with E-state index in [0.717, 1.165) is 18.8 Å². The summed E-state index contributed by atoms with van der Waals surface area (Å²) >= 11 is 4.80. The maximum absolute atomic E-state index is 11.8. The molecule has 0 aliphatic heterocycles. The molecule has 1 fully saturated rings. The third kappa shape index (κ3) is 3.85. The summed E-state index contributed by atoms with van der Waals surface area (Å²) in [7, 11) is 0. The Balaban J connectivity index is 2.02. The van der Waals surface area contributed by atoms with Gasteiger partial charge in [0.05, 0.1) is 0 Å². The summed E-state index contributed by atoms with van der Waals surface area (Å²) in [5, 5.41) is 9.75. The number of aromatic hydroxyl groups is 1. The van der Waals surface area contributed by atoms with Crippen molar-refractivity contribution < 1.29 is 5.11 Å². The zero-order valence-corrected chi connectivity index (χ0v) is 14.3. The van der Waals surface area contributed by atoms with Crippen LogP contribution >= 0.6 is 12.2 Å². The number of aromatic amines is 2. The van der Waals surface area contributed by atoms with Gasteiger partial charge >= 0.3 is 0 Å². The first-order valence-electron chi connectivity index (χ1n) is 7.92. The first-order chi connectivity index (χ1) is 10.3. The molecule has 1 saturated carbocycles. The minimum Gasteiger partial charge on any atom is -0.494 e. The molecule has 2 rings (SSSR count). The van der Waals surface area contributed by atoms with Crippen molar-refractivity contribution in [2.24, 2.45) is 16.3 Å². The molecule has 0 unspecified atom stereocenters. The fraction of sp³-hybridized carbons (Fsp3) is 0.688. The minimum atomic E-state index is -0.411. The predicted molar refractivity (Wildman–Crippen MR) is 91.3 cm³/mol. The van der Waals surface area contributed by atoms with Gasteiger partial charge < -0.3 is 10.1 Å². The SMILES string of the molecule is CCC(C)(C)C1CCC(N=Cc2c(O)[nH]c(=S)[nH]c2=O)CC1. The van der Waals surface area contributed by atoms with E-state index in [1.54, 1.807) is 0 Å². The van der Waals surface area contributed by atoms with Gasteiger partial charge in [0, 0.05) is 12.3 Å². The number of H-pyrrole nitrogens is 2. The number of hydrogen-bond acceptors (Lipinski definition) is 4. The van der Waals surface area contributed by atoms with E-state index in [0.29, 0.717) is 5.41 Å². The lowest BCUT2D eigenvalue weighted by atomic mass is 9.69. The van der Waals surface area contributed by atoms with Crippen molar-refractivity contribution in [2.45, 2.75) is 58.9 Å². The van der Waals surface area contributed by atoms with Crippen molar-refractivity contribution >= 4 is 18.4 Å². The smallest absolute Gasteiger partial charge is 0.264 e. The molecule has 22 heavy (non-hydrogen) atoms. The van der Waals surface area contributed by atoms with E-state index in [-0.39, 0.29) is 22.3 Å². The van der Waals surface area contributed by atoms with Crippen LogP contribution in [-0.2, 0) is 0 Å². The Kier molecular flexibility index (Phi) is 5.21. The van der Waals surface area contributed by atoms with Crippen LogP contribution in [0.15, 0.2) is 9.79 Å². The second kappa shape index (κ2) is 6.77. The van der Waals surface area contributed by atoms with Crippen molar-refractivity contribution in [2.75, 3.05) is 0 Å². The van der Waals surface area contributed by atoms with Crippen molar-refractivity contribution in [3.63, 3.8) is 0 Å². The zero-order chi connectivity index (χ0) is 16.3. The molecule has 0 spiro atoms. The summed E-state index contributed by atoms with van der Waals surface area (Å²) in [4.78, 5) is 21.2. The normalized spacial score (nSPS) is 23.0. The summed E-state index contributed by atoms with van der Waals surface area (Å²) in [5.74, 6) is 0.520. The van der Waals surface area contributed by atoms with Crippen molar-refractivity contribution in [3.8, 4) is 5.88 Å². The van der Waals surface area contributed by atoms with E-state index < -0.39 is 5.56 Å². The van der Waals surface area contributed by atoms with Crippen LogP contribution in [0.25, 0.3) is 0 Å². The molecule has 5 nitrogen and oxygen atoms in total. The monoisotopic (exact) mass is 323 g/mol. The van der Waals surface area contributed by atoms with Gasteiger partial charge in [-0.05, 0) is 49.2 Å². The van der Waals surface area contributed by atoms with Gasteiger partial charge in [-0.2, -0.15) is 0 Å². The van der Waals surface area contributed by atoms with Crippen LogP contribution in [0.3, 0.4) is 0 Å². The molecule has 1 heterocycles. The quantitative estimate of drug-likeness (QED) is 0.585. The fourth-order valence-electron chi connectivity index (χ4n) is 3.08. The van der Waals surface area contributed by atoms with Gasteiger partial charge in [0.15, 0.2) is 4.77 Å². The molecule has 6 heteroatoms. The standard InChI is InChI=1S/C16H25N3O2S/c1-4-16(2,3)10-5-7-11(8-6-10)17-9-12-13(20)18-15(22)19-14(12)21/h9-11H,4-8H2,1-3H3,(H3,18,19,20,21,22). The Morgan fingerprint density at radius 2 is 1.95 bits per heavy atom. The van der Waals surface area contributed by atoms with Gasteiger partial charge in [0.2, 0.25) is 5.88 Å². The molecule has 0 amide bonds. The van der Waals surface area contributed by atoms with Gasteiger partial charge in [-0.3, -0.25) is 14.8 Å². The molecule has 0 radical (unpaired) electrons. The van der Waals surface area contributed by atoms with Crippen molar-refractivity contribution in [1.82, 2.24) is 9.97 Å². The average Bonchev–Trinajstić information content (AvgIpc) is 2.46. The lowest BCUT2D eigenvalue weighted by molar-refractivity contribution is 0.145. The first kappa shape index (κ1) is 16.9. The van der Waals surface area contributed by atoms with E-state index in [1.165, 1.54) is 25.5 Å². The molecule has 0 atom stereocenters. The van der Waals surface area contributed by atoms with Crippen molar-refractivity contribution in [3.05, 3.63) is 20.7 Å². The summed E-state index contributed by atoms with van der Waals surface area (Å²) in [6, 6.07) is 0.228. The number of rotatable bonds is 4. The van der Waals surface area contributed by atoms with E-state index in [2.05, 4.69) is 35.7 Å². The zero-order valence-electron chi connectivity index (χ0n) is 13.5. The summed E-state index contributed by atoms with van der Waals surface area (Å²) in [5.41, 5.74) is 0.119. The second-order valence-electron chi connectivity index (χ2n) is 6.80. The number of aliphatic imine (C=N–C) groups is 1. The van der Waals surface area contributed by atoms with Crippen LogP contribution < -0.4 is 5.56 Å². The maximum atomic E-state index is 11.8. The predicted octanol–water partition coefficient (Wildman–Crippen LogP) is 3.55. The average molecular weight is 323 g/mol. The second-order valence-corrected chi connectivity index (χ2v) is 7.20. The van der Waals surface area contributed by atoms with E-state index >= 15 is 0 Å².